The monoisotopic (exact) mass is 305 g/mol. The lowest BCUT2D eigenvalue weighted by molar-refractivity contribution is 0.102. The zero-order valence-electron chi connectivity index (χ0n) is 11.3. The number of hydrogen-bond acceptors (Lipinski definition) is 2. The van der Waals surface area contributed by atoms with E-state index >= 15 is 0 Å². The lowest BCUT2D eigenvalue weighted by atomic mass is 9.88. The van der Waals surface area contributed by atoms with Gasteiger partial charge in [-0.1, -0.05) is 18.5 Å². The van der Waals surface area contributed by atoms with E-state index in [9.17, 15) is 4.79 Å². The maximum atomic E-state index is 12.4. The van der Waals surface area contributed by atoms with Crippen molar-refractivity contribution in [2.24, 2.45) is 5.92 Å². The highest BCUT2D eigenvalue weighted by Crippen LogP contribution is 2.33. The molecule has 0 radical (unpaired) electrons. The molecule has 1 amide bonds. The van der Waals surface area contributed by atoms with E-state index in [1.54, 1.807) is 23.5 Å². The van der Waals surface area contributed by atoms with Gasteiger partial charge in [-0.2, -0.15) is 0 Å². The summed E-state index contributed by atoms with van der Waals surface area (Å²) in [6.45, 7) is 2.27. The predicted octanol–water partition coefficient (Wildman–Crippen LogP) is 4.78. The van der Waals surface area contributed by atoms with Crippen molar-refractivity contribution in [3.63, 3.8) is 0 Å². The lowest BCUT2D eigenvalue weighted by Crippen LogP contribution is -2.16. The van der Waals surface area contributed by atoms with Gasteiger partial charge in [0.25, 0.3) is 5.91 Å². The summed E-state index contributed by atoms with van der Waals surface area (Å²) in [5, 5.41) is 5.61. The van der Waals surface area contributed by atoms with Crippen molar-refractivity contribution in [2.75, 3.05) is 5.32 Å². The number of halogens is 1. The molecule has 104 valence electrons. The molecule has 1 heterocycles. The van der Waals surface area contributed by atoms with Crippen LogP contribution in [0.25, 0.3) is 0 Å². The van der Waals surface area contributed by atoms with Crippen LogP contribution in [0, 0.1) is 5.92 Å². The first-order valence-corrected chi connectivity index (χ1v) is 8.05. The van der Waals surface area contributed by atoms with E-state index in [1.807, 2.05) is 17.5 Å². The minimum Gasteiger partial charge on any atom is -0.322 e. The third-order valence-electron chi connectivity index (χ3n) is 3.75. The molecule has 2 aromatic rings. The Morgan fingerprint density at radius 3 is 2.85 bits per heavy atom. The van der Waals surface area contributed by atoms with Crippen LogP contribution in [0.2, 0.25) is 5.02 Å². The fraction of sp³-hybridized carbons (Fsp3) is 0.312. The molecule has 0 bridgehead atoms. The molecule has 0 fully saturated rings. The van der Waals surface area contributed by atoms with Crippen LogP contribution in [0.1, 0.15) is 34.1 Å². The maximum Gasteiger partial charge on any atom is 0.256 e. The maximum absolute atomic E-state index is 12.4. The number of hydrogen-bond donors (Lipinski definition) is 1. The van der Waals surface area contributed by atoms with Crippen molar-refractivity contribution in [3.05, 3.63) is 50.7 Å². The van der Waals surface area contributed by atoms with E-state index in [1.165, 1.54) is 16.9 Å². The highest BCUT2D eigenvalue weighted by Gasteiger charge is 2.23. The quantitative estimate of drug-likeness (QED) is 0.850. The van der Waals surface area contributed by atoms with Crippen LogP contribution < -0.4 is 5.32 Å². The van der Waals surface area contributed by atoms with Gasteiger partial charge in [-0.15, -0.1) is 11.3 Å². The molecule has 3 rings (SSSR count). The molecule has 2 nitrogen and oxygen atoms in total. The summed E-state index contributed by atoms with van der Waals surface area (Å²) >= 11 is 7.56. The molecule has 0 aliphatic heterocycles. The van der Waals surface area contributed by atoms with Crippen molar-refractivity contribution < 1.29 is 4.79 Å². The largest absolute Gasteiger partial charge is 0.322 e. The number of thiophene rings is 1. The molecule has 4 heteroatoms. The average molecular weight is 306 g/mol. The molecular formula is C16H16ClNOS. The summed E-state index contributed by atoms with van der Waals surface area (Å²) in [6, 6.07) is 7.20. The van der Waals surface area contributed by atoms with Gasteiger partial charge >= 0.3 is 0 Å². The molecule has 1 unspecified atom stereocenters. The van der Waals surface area contributed by atoms with E-state index in [-0.39, 0.29) is 5.91 Å². The molecule has 0 spiro atoms. The van der Waals surface area contributed by atoms with Gasteiger partial charge in [-0.3, -0.25) is 4.79 Å². The van der Waals surface area contributed by atoms with Crippen molar-refractivity contribution >= 4 is 34.5 Å². The van der Waals surface area contributed by atoms with Gasteiger partial charge in [-0.25, -0.2) is 0 Å². The Morgan fingerprint density at radius 2 is 2.10 bits per heavy atom. The number of carbonyl (C=O) groups is 1. The van der Waals surface area contributed by atoms with E-state index in [0.717, 1.165) is 30.0 Å². The Kier molecular flexibility index (Phi) is 3.81. The zero-order chi connectivity index (χ0) is 14.1. The molecule has 0 saturated carbocycles. The highest BCUT2D eigenvalue weighted by molar-refractivity contribution is 7.10. The lowest BCUT2D eigenvalue weighted by Gasteiger charge is -2.18. The molecule has 1 aliphatic carbocycles. The van der Waals surface area contributed by atoms with E-state index < -0.39 is 0 Å². The van der Waals surface area contributed by atoms with Gasteiger partial charge in [-0.05, 0) is 55.0 Å². The van der Waals surface area contributed by atoms with Gasteiger partial charge in [0.15, 0.2) is 0 Å². The fourth-order valence-electron chi connectivity index (χ4n) is 2.60. The number of carbonyl (C=O) groups excluding carboxylic acids is 1. The van der Waals surface area contributed by atoms with Gasteiger partial charge in [0.1, 0.15) is 0 Å². The zero-order valence-corrected chi connectivity index (χ0v) is 12.9. The SMILES string of the molecule is CC1CCc2c(C(=O)Nc3ccc(Cl)cc3)csc2C1. The first-order chi connectivity index (χ1) is 9.63. The van der Waals surface area contributed by atoms with Gasteiger partial charge < -0.3 is 5.32 Å². The number of amides is 1. The number of nitrogens with one attached hydrogen (secondary N) is 1. The predicted molar refractivity (Wildman–Crippen MR) is 84.9 cm³/mol. The molecule has 1 aromatic carbocycles. The Bertz CT molecular complexity index is 632. The van der Waals surface area contributed by atoms with Crippen molar-refractivity contribution in [2.45, 2.75) is 26.2 Å². The third-order valence-corrected chi connectivity index (χ3v) is 5.05. The standard InChI is InChI=1S/C16H16ClNOS/c1-10-2-7-13-14(9-20-15(13)8-10)16(19)18-12-5-3-11(17)4-6-12/h3-6,9-10H,2,7-8H2,1H3,(H,18,19). The van der Waals surface area contributed by atoms with Crippen molar-refractivity contribution in [1.82, 2.24) is 0 Å². The van der Waals surface area contributed by atoms with Gasteiger partial charge in [0, 0.05) is 21.0 Å². The number of anilines is 1. The van der Waals surface area contributed by atoms with E-state index in [2.05, 4.69) is 12.2 Å². The molecular weight excluding hydrogens is 290 g/mol. The summed E-state index contributed by atoms with van der Waals surface area (Å²) in [5.74, 6) is 0.715. The normalized spacial score (nSPS) is 17.6. The summed E-state index contributed by atoms with van der Waals surface area (Å²) in [7, 11) is 0. The van der Waals surface area contributed by atoms with Crippen LogP contribution in [0.15, 0.2) is 29.6 Å². The van der Waals surface area contributed by atoms with Crippen LogP contribution in [-0.2, 0) is 12.8 Å². The molecule has 1 atom stereocenters. The summed E-state index contributed by atoms with van der Waals surface area (Å²) in [6.07, 6.45) is 3.29. The Hall–Kier alpha value is -1.32. The minimum absolute atomic E-state index is 0.0145. The van der Waals surface area contributed by atoms with E-state index in [4.69, 9.17) is 11.6 Å². The van der Waals surface area contributed by atoms with Crippen molar-refractivity contribution in [3.8, 4) is 0 Å². The third kappa shape index (κ3) is 2.74. The number of rotatable bonds is 2. The highest BCUT2D eigenvalue weighted by atomic mass is 35.5. The van der Waals surface area contributed by atoms with Crippen LogP contribution >= 0.6 is 22.9 Å². The topological polar surface area (TPSA) is 29.1 Å². The number of benzene rings is 1. The molecule has 1 aromatic heterocycles. The van der Waals surface area contributed by atoms with Crippen LogP contribution in [0.5, 0.6) is 0 Å². The van der Waals surface area contributed by atoms with Crippen LogP contribution in [-0.4, -0.2) is 5.91 Å². The van der Waals surface area contributed by atoms with Gasteiger partial charge in [0.05, 0.1) is 5.56 Å². The summed E-state index contributed by atoms with van der Waals surface area (Å²) in [5.41, 5.74) is 2.87. The molecule has 1 aliphatic rings. The second kappa shape index (κ2) is 5.58. The average Bonchev–Trinajstić information content (AvgIpc) is 2.84. The van der Waals surface area contributed by atoms with E-state index in [0.29, 0.717) is 5.02 Å². The van der Waals surface area contributed by atoms with Crippen LogP contribution in [0.3, 0.4) is 0 Å². The fourth-order valence-corrected chi connectivity index (χ4v) is 3.97. The second-order valence-corrected chi connectivity index (χ2v) is 6.76. The first-order valence-electron chi connectivity index (χ1n) is 6.79. The summed E-state index contributed by atoms with van der Waals surface area (Å²) in [4.78, 5) is 13.8. The Labute approximate surface area is 127 Å². The second-order valence-electron chi connectivity index (χ2n) is 5.36. The minimum atomic E-state index is -0.0145. The number of fused-ring (bicyclic) bond motifs is 1. The smallest absolute Gasteiger partial charge is 0.256 e. The molecule has 20 heavy (non-hydrogen) atoms. The molecule has 1 N–H and O–H groups in total. The molecule has 0 saturated heterocycles. The Morgan fingerprint density at radius 1 is 1.35 bits per heavy atom. The summed E-state index contributed by atoms with van der Waals surface area (Å²) < 4.78 is 0. The first kappa shape index (κ1) is 13.7. The van der Waals surface area contributed by atoms with Gasteiger partial charge in [0.2, 0.25) is 0 Å². The van der Waals surface area contributed by atoms with Crippen LogP contribution in [0.4, 0.5) is 5.69 Å². The Balaban J connectivity index is 1.79. The van der Waals surface area contributed by atoms with Crippen molar-refractivity contribution in [1.29, 1.82) is 0 Å².